The lowest BCUT2D eigenvalue weighted by Crippen LogP contribution is -2.26. The molecule has 0 saturated carbocycles. The molecule has 116 valence electrons. The Morgan fingerprint density at radius 2 is 1.65 bits per heavy atom. The van der Waals surface area contributed by atoms with Gasteiger partial charge in [-0.1, -0.05) is 65.8 Å². The van der Waals surface area contributed by atoms with Crippen LogP contribution in [0.4, 0.5) is 0 Å². The Balaban J connectivity index is 1.89. The molecule has 0 atom stereocenters. The van der Waals surface area contributed by atoms with Crippen LogP contribution in [0.2, 0.25) is 0 Å². The Morgan fingerprint density at radius 3 is 2.30 bits per heavy atom. The number of aromatic nitrogens is 1. The summed E-state index contributed by atoms with van der Waals surface area (Å²) in [4.78, 5) is 14.5. The van der Waals surface area contributed by atoms with E-state index < -0.39 is 0 Å². The predicted octanol–water partition coefficient (Wildman–Crippen LogP) is 3.92. The number of amides is 1. The smallest absolute Gasteiger partial charge is 0.259 e. The molecule has 0 aliphatic carbocycles. The number of carbonyl (C=O) groups excluding carboxylic acids is 1. The van der Waals surface area contributed by atoms with Crippen molar-refractivity contribution >= 4 is 5.91 Å². The number of rotatable bonds is 4. The van der Waals surface area contributed by atoms with Gasteiger partial charge in [-0.15, -0.1) is 0 Å². The van der Waals surface area contributed by atoms with Crippen LogP contribution in [-0.2, 0) is 6.54 Å². The summed E-state index contributed by atoms with van der Waals surface area (Å²) in [5.74, 6) is 0.445. The first kappa shape index (κ1) is 15.0. The van der Waals surface area contributed by atoms with Gasteiger partial charge in [-0.25, -0.2) is 0 Å². The molecule has 0 saturated heterocycles. The quantitative estimate of drug-likeness (QED) is 0.734. The molecule has 4 heteroatoms. The van der Waals surface area contributed by atoms with Gasteiger partial charge in [0.2, 0.25) is 0 Å². The van der Waals surface area contributed by atoms with Gasteiger partial charge in [0.1, 0.15) is 17.0 Å². The molecule has 0 unspecified atom stereocenters. The molecule has 0 aliphatic rings. The van der Waals surface area contributed by atoms with Gasteiger partial charge in [0, 0.05) is 19.2 Å². The summed E-state index contributed by atoms with van der Waals surface area (Å²) in [5, 5.41) is 4.07. The molecule has 23 heavy (non-hydrogen) atoms. The molecule has 2 aromatic carbocycles. The Morgan fingerprint density at radius 1 is 1.04 bits per heavy atom. The van der Waals surface area contributed by atoms with Crippen LogP contribution in [0.15, 0.2) is 65.2 Å². The third-order valence-electron chi connectivity index (χ3n) is 3.73. The van der Waals surface area contributed by atoms with Gasteiger partial charge in [-0.3, -0.25) is 4.79 Å². The summed E-state index contributed by atoms with van der Waals surface area (Å²) in [6.45, 7) is 2.31. The van der Waals surface area contributed by atoms with E-state index >= 15 is 0 Å². The van der Waals surface area contributed by atoms with E-state index in [1.165, 1.54) is 0 Å². The Hall–Kier alpha value is -2.88. The summed E-state index contributed by atoms with van der Waals surface area (Å²) in [6, 6.07) is 19.5. The maximum Gasteiger partial charge on any atom is 0.259 e. The first-order valence-electron chi connectivity index (χ1n) is 7.48. The van der Waals surface area contributed by atoms with Gasteiger partial charge in [-0.05, 0) is 12.5 Å². The predicted molar refractivity (Wildman–Crippen MR) is 88.9 cm³/mol. The van der Waals surface area contributed by atoms with Gasteiger partial charge in [0.05, 0.1) is 0 Å². The fourth-order valence-electron chi connectivity index (χ4n) is 2.54. The van der Waals surface area contributed by atoms with E-state index in [0.717, 1.165) is 11.1 Å². The maximum atomic E-state index is 12.9. The van der Waals surface area contributed by atoms with Crippen molar-refractivity contribution in [1.29, 1.82) is 0 Å². The highest BCUT2D eigenvalue weighted by Crippen LogP contribution is 2.26. The van der Waals surface area contributed by atoms with Crippen molar-refractivity contribution in [2.24, 2.45) is 0 Å². The van der Waals surface area contributed by atoms with Crippen LogP contribution in [0.1, 0.15) is 21.7 Å². The van der Waals surface area contributed by atoms with E-state index in [0.29, 0.717) is 23.6 Å². The minimum Gasteiger partial charge on any atom is -0.360 e. The van der Waals surface area contributed by atoms with Crippen LogP contribution in [0.25, 0.3) is 11.3 Å². The minimum atomic E-state index is -0.0912. The standard InChI is InChI=1S/C19H18N2O2/c1-14-17(18(20-23-14)16-11-7-4-8-12-16)19(22)21(2)13-15-9-5-3-6-10-15/h3-12H,13H2,1-2H3. The van der Waals surface area contributed by atoms with Crippen molar-refractivity contribution in [3.05, 3.63) is 77.6 Å². The molecule has 0 N–H and O–H groups in total. The van der Waals surface area contributed by atoms with Crippen molar-refractivity contribution in [2.75, 3.05) is 7.05 Å². The summed E-state index contributed by atoms with van der Waals surface area (Å²) in [7, 11) is 1.79. The van der Waals surface area contributed by atoms with Crippen LogP contribution in [0, 0.1) is 6.92 Å². The zero-order valence-corrected chi connectivity index (χ0v) is 13.2. The lowest BCUT2D eigenvalue weighted by atomic mass is 10.1. The van der Waals surface area contributed by atoms with Crippen LogP contribution in [0.5, 0.6) is 0 Å². The van der Waals surface area contributed by atoms with Gasteiger partial charge >= 0.3 is 0 Å². The topological polar surface area (TPSA) is 46.3 Å². The lowest BCUT2D eigenvalue weighted by Gasteiger charge is -2.17. The summed E-state index contributed by atoms with van der Waals surface area (Å²) in [5.41, 5.74) is 3.07. The van der Waals surface area contributed by atoms with Crippen LogP contribution >= 0.6 is 0 Å². The fraction of sp³-hybridized carbons (Fsp3) is 0.158. The van der Waals surface area contributed by atoms with Crippen molar-refractivity contribution in [3.63, 3.8) is 0 Å². The maximum absolute atomic E-state index is 12.9. The number of aryl methyl sites for hydroxylation is 1. The molecule has 1 heterocycles. The van der Waals surface area contributed by atoms with E-state index in [1.54, 1.807) is 18.9 Å². The highest BCUT2D eigenvalue weighted by Gasteiger charge is 2.24. The van der Waals surface area contributed by atoms with E-state index in [4.69, 9.17) is 4.52 Å². The van der Waals surface area contributed by atoms with E-state index in [-0.39, 0.29) is 5.91 Å². The van der Waals surface area contributed by atoms with E-state index in [2.05, 4.69) is 5.16 Å². The lowest BCUT2D eigenvalue weighted by molar-refractivity contribution is 0.0784. The second kappa shape index (κ2) is 6.48. The van der Waals surface area contributed by atoms with Gasteiger partial charge in [0.15, 0.2) is 0 Å². The van der Waals surface area contributed by atoms with Gasteiger partial charge in [0.25, 0.3) is 5.91 Å². The molecule has 0 bridgehead atoms. The van der Waals surface area contributed by atoms with E-state index in [9.17, 15) is 4.79 Å². The van der Waals surface area contributed by atoms with Crippen molar-refractivity contribution in [1.82, 2.24) is 10.1 Å². The number of carbonyl (C=O) groups is 1. The molecule has 0 fully saturated rings. The number of hydrogen-bond acceptors (Lipinski definition) is 3. The summed E-state index contributed by atoms with van der Waals surface area (Å²) >= 11 is 0. The third kappa shape index (κ3) is 3.16. The molecule has 4 nitrogen and oxygen atoms in total. The number of hydrogen-bond donors (Lipinski definition) is 0. The second-order valence-corrected chi connectivity index (χ2v) is 5.48. The Labute approximate surface area is 135 Å². The average Bonchev–Trinajstić information content (AvgIpc) is 2.97. The number of benzene rings is 2. The molecule has 0 radical (unpaired) electrons. The zero-order valence-electron chi connectivity index (χ0n) is 13.2. The largest absolute Gasteiger partial charge is 0.360 e. The number of nitrogens with zero attached hydrogens (tertiary/aromatic N) is 2. The molecule has 3 aromatic rings. The highest BCUT2D eigenvalue weighted by molar-refractivity contribution is 6.00. The highest BCUT2D eigenvalue weighted by atomic mass is 16.5. The third-order valence-corrected chi connectivity index (χ3v) is 3.73. The van der Waals surface area contributed by atoms with Crippen LogP contribution in [-0.4, -0.2) is 23.0 Å². The van der Waals surface area contributed by atoms with Crippen LogP contribution in [0.3, 0.4) is 0 Å². The molecule has 1 aromatic heterocycles. The van der Waals surface area contributed by atoms with E-state index in [1.807, 2.05) is 60.7 Å². The van der Waals surface area contributed by atoms with Crippen molar-refractivity contribution in [2.45, 2.75) is 13.5 Å². The van der Waals surface area contributed by atoms with Gasteiger partial charge < -0.3 is 9.42 Å². The second-order valence-electron chi connectivity index (χ2n) is 5.48. The first-order chi connectivity index (χ1) is 11.2. The Bertz CT molecular complexity index is 795. The molecule has 0 aliphatic heterocycles. The SMILES string of the molecule is Cc1onc(-c2ccccc2)c1C(=O)N(C)Cc1ccccc1. The fourth-order valence-corrected chi connectivity index (χ4v) is 2.54. The molecule has 1 amide bonds. The normalized spacial score (nSPS) is 10.5. The molecule has 3 rings (SSSR count). The molecule has 0 spiro atoms. The molecular formula is C19H18N2O2. The summed E-state index contributed by atoms with van der Waals surface area (Å²) < 4.78 is 5.27. The minimum absolute atomic E-state index is 0.0912. The molecular weight excluding hydrogens is 288 g/mol. The zero-order chi connectivity index (χ0) is 16.2. The summed E-state index contributed by atoms with van der Waals surface area (Å²) in [6.07, 6.45) is 0. The van der Waals surface area contributed by atoms with Crippen molar-refractivity contribution < 1.29 is 9.32 Å². The van der Waals surface area contributed by atoms with Crippen molar-refractivity contribution in [3.8, 4) is 11.3 Å². The monoisotopic (exact) mass is 306 g/mol. The Kier molecular flexibility index (Phi) is 4.24. The first-order valence-corrected chi connectivity index (χ1v) is 7.48. The van der Waals surface area contributed by atoms with Gasteiger partial charge in [-0.2, -0.15) is 0 Å². The average molecular weight is 306 g/mol. The van der Waals surface area contributed by atoms with Crippen LogP contribution < -0.4 is 0 Å².